The quantitative estimate of drug-likeness (QED) is 0.642. The standard InChI is InChI=1S/C14H25N3O2/c1-18-9-4-7-17(8-10-19-2)14(11-15)13-5-3-6-16-12-13/h3,5-6,12,14H,4,7-11,15H2,1-2H3. The Balaban J connectivity index is 2.68. The van der Waals surface area contributed by atoms with Gasteiger partial charge < -0.3 is 15.2 Å². The summed E-state index contributed by atoms with van der Waals surface area (Å²) in [6.45, 7) is 3.82. The fourth-order valence-electron chi connectivity index (χ4n) is 2.11. The summed E-state index contributed by atoms with van der Waals surface area (Å²) in [5.41, 5.74) is 7.09. The molecule has 1 rings (SSSR count). The van der Waals surface area contributed by atoms with Crippen molar-refractivity contribution >= 4 is 0 Å². The predicted molar refractivity (Wildman–Crippen MR) is 76.0 cm³/mol. The van der Waals surface area contributed by atoms with Crippen LogP contribution in [-0.4, -0.2) is 57.0 Å². The van der Waals surface area contributed by atoms with Crippen molar-refractivity contribution in [3.8, 4) is 0 Å². The Kier molecular flexibility index (Phi) is 8.33. The van der Waals surface area contributed by atoms with Crippen molar-refractivity contribution in [1.29, 1.82) is 0 Å². The molecule has 0 aliphatic rings. The van der Waals surface area contributed by atoms with Crippen molar-refractivity contribution in [1.82, 2.24) is 9.88 Å². The Morgan fingerprint density at radius 1 is 1.26 bits per heavy atom. The molecule has 5 heteroatoms. The molecule has 19 heavy (non-hydrogen) atoms. The molecule has 0 aliphatic carbocycles. The zero-order valence-corrected chi connectivity index (χ0v) is 11.9. The lowest BCUT2D eigenvalue weighted by Gasteiger charge is -2.30. The van der Waals surface area contributed by atoms with Gasteiger partial charge in [-0.2, -0.15) is 0 Å². The zero-order chi connectivity index (χ0) is 13.9. The highest BCUT2D eigenvalue weighted by atomic mass is 16.5. The van der Waals surface area contributed by atoms with Crippen molar-refractivity contribution in [2.45, 2.75) is 12.5 Å². The summed E-state index contributed by atoms with van der Waals surface area (Å²) in [6.07, 6.45) is 4.64. The largest absolute Gasteiger partial charge is 0.385 e. The Morgan fingerprint density at radius 3 is 2.63 bits per heavy atom. The molecule has 1 unspecified atom stereocenters. The molecule has 0 saturated heterocycles. The number of hydrogen-bond donors (Lipinski definition) is 1. The van der Waals surface area contributed by atoms with Gasteiger partial charge in [0, 0.05) is 58.9 Å². The van der Waals surface area contributed by atoms with Crippen LogP contribution in [0.15, 0.2) is 24.5 Å². The third kappa shape index (κ3) is 5.65. The van der Waals surface area contributed by atoms with Gasteiger partial charge in [0.1, 0.15) is 0 Å². The maximum atomic E-state index is 5.94. The minimum absolute atomic E-state index is 0.181. The second kappa shape index (κ2) is 9.86. The SMILES string of the molecule is COCCCN(CCOC)C(CN)c1cccnc1. The summed E-state index contributed by atoms with van der Waals surface area (Å²) in [6, 6.07) is 4.20. The van der Waals surface area contributed by atoms with Gasteiger partial charge in [0.05, 0.1) is 6.61 Å². The van der Waals surface area contributed by atoms with Gasteiger partial charge in [0.25, 0.3) is 0 Å². The lowest BCUT2D eigenvalue weighted by Crippen LogP contribution is -2.37. The third-order valence-corrected chi connectivity index (χ3v) is 3.11. The van der Waals surface area contributed by atoms with Gasteiger partial charge in [-0.15, -0.1) is 0 Å². The van der Waals surface area contributed by atoms with E-state index in [2.05, 4.69) is 16.0 Å². The van der Waals surface area contributed by atoms with Crippen LogP contribution in [0.2, 0.25) is 0 Å². The molecule has 0 aromatic carbocycles. The maximum Gasteiger partial charge on any atom is 0.0589 e. The fourth-order valence-corrected chi connectivity index (χ4v) is 2.11. The van der Waals surface area contributed by atoms with Crippen LogP contribution in [0.5, 0.6) is 0 Å². The van der Waals surface area contributed by atoms with Gasteiger partial charge in [0.2, 0.25) is 0 Å². The number of hydrogen-bond acceptors (Lipinski definition) is 5. The highest BCUT2D eigenvalue weighted by molar-refractivity contribution is 5.14. The highest BCUT2D eigenvalue weighted by Gasteiger charge is 2.18. The lowest BCUT2D eigenvalue weighted by atomic mass is 10.1. The van der Waals surface area contributed by atoms with E-state index in [0.29, 0.717) is 13.2 Å². The average Bonchev–Trinajstić information content (AvgIpc) is 2.46. The van der Waals surface area contributed by atoms with E-state index in [-0.39, 0.29) is 6.04 Å². The first-order chi connectivity index (χ1) is 9.33. The Hall–Kier alpha value is -1.01. The van der Waals surface area contributed by atoms with E-state index in [0.717, 1.165) is 31.7 Å². The lowest BCUT2D eigenvalue weighted by molar-refractivity contribution is 0.108. The normalized spacial score (nSPS) is 12.8. The minimum atomic E-state index is 0.181. The summed E-state index contributed by atoms with van der Waals surface area (Å²) in [4.78, 5) is 6.51. The van der Waals surface area contributed by atoms with Gasteiger partial charge in [-0.25, -0.2) is 0 Å². The number of nitrogens with zero attached hydrogens (tertiary/aromatic N) is 2. The van der Waals surface area contributed by atoms with Crippen LogP contribution in [0.25, 0.3) is 0 Å². The van der Waals surface area contributed by atoms with E-state index in [1.54, 1.807) is 20.4 Å². The van der Waals surface area contributed by atoms with Crippen molar-refractivity contribution in [3.63, 3.8) is 0 Å². The van der Waals surface area contributed by atoms with E-state index >= 15 is 0 Å². The van der Waals surface area contributed by atoms with Crippen molar-refractivity contribution < 1.29 is 9.47 Å². The zero-order valence-electron chi connectivity index (χ0n) is 11.9. The molecular weight excluding hydrogens is 242 g/mol. The Labute approximate surface area is 115 Å². The first kappa shape index (κ1) is 16.0. The number of nitrogens with two attached hydrogens (primary N) is 1. The van der Waals surface area contributed by atoms with E-state index in [1.165, 1.54) is 0 Å². The number of pyridine rings is 1. The van der Waals surface area contributed by atoms with Crippen molar-refractivity contribution in [3.05, 3.63) is 30.1 Å². The van der Waals surface area contributed by atoms with Gasteiger partial charge in [-0.3, -0.25) is 9.88 Å². The van der Waals surface area contributed by atoms with Gasteiger partial charge in [0.15, 0.2) is 0 Å². The summed E-state index contributed by atoms with van der Waals surface area (Å²) in [5, 5.41) is 0. The van der Waals surface area contributed by atoms with E-state index in [4.69, 9.17) is 15.2 Å². The van der Waals surface area contributed by atoms with Crippen LogP contribution in [0.4, 0.5) is 0 Å². The number of methoxy groups -OCH3 is 2. The minimum Gasteiger partial charge on any atom is -0.385 e. The third-order valence-electron chi connectivity index (χ3n) is 3.11. The summed E-state index contributed by atoms with van der Waals surface area (Å²) >= 11 is 0. The van der Waals surface area contributed by atoms with Crippen molar-refractivity contribution in [2.75, 3.05) is 47.1 Å². The monoisotopic (exact) mass is 267 g/mol. The van der Waals surface area contributed by atoms with Gasteiger partial charge >= 0.3 is 0 Å². The molecule has 0 amide bonds. The first-order valence-corrected chi connectivity index (χ1v) is 6.65. The molecule has 0 saturated carbocycles. The fraction of sp³-hybridized carbons (Fsp3) is 0.643. The van der Waals surface area contributed by atoms with E-state index in [9.17, 15) is 0 Å². The van der Waals surface area contributed by atoms with Gasteiger partial charge in [-0.05, 0) is 18.1 Å². The average molecular weight is 267 g/mol. The molecule has 0 aliphatic heterocycles. The highest BCUT2D eigenvalue weighted by Crippen LogP contribution is 2.18. The summed E-state index contributed by atoms with van der Waals surface area (Å²) in [5.74, 6) is 0. The summed E-state index contributed by atoms with van der Waals surface area (Å²) < 4.78 is 10.3. The topological polar surface area (TPSA) is 60.6 Å². The second-order valence-electron chi connectivity index (χ2n) is 4.41. The molecule has 0 spiro atoms. The molecule has 2 N–H and O–H groups in total. The van der Waals surface area contributed by atoms with Crippen LogP contribution >= 0.6 is 0 Å². The molecule has 1 heterocycles. The molecule has 108 valence electrons. The van der Waals surface area contributed by atoms with E-state index in [1.807, 2.05) is 12.3 Å². The Bertz CT molecular complexity index is 322. The predicted octanol–water partition coefficient (Wildman–Crippen LogP) is 1.07. The number of ether oxygens (including phenoxy) is 2. The molecule has 1 atom stereocenters. The summed E-state index contributed by atoms with van der Waals surface area (Å²) in [7, 11) is 3.44. The van der Waals surface area contributed by atoms with Crippen LogP contribution in [0, 0.1) is 0 Å². The van der Waals surface area contributed by atoms with Crippen molar-refractivity contribution in [2.24, 2.45) is 5.73 Å². The maximum absolute atomic E-state index is 5.94. The molecule has 0 radical (unpaired) electrons. The van der Waals surface area contributed by atoms with E-state index < -0.39 is 0 Å². The van der Waals surface area contributed by atoms with Crippen LogP contribution in [0.1, 0.15) is 18.0 Å². The Morgan fingerprint density at radius 2 is 2.05 bits per heavy atom. The molecule has 1 aromatic rings. The van der Waals surface area contributed by atoms with Crippen LogP contribution in [0.3, 0.4) is 0 Å². The van der Waals surface area contributed by atoms with Crippen LogP contribution < -0.4 is 5.73 Å². The van der Waals surface area contributed by atoms with Gasteiger partial charge in [-0.1, -0.05) is 6.07 Å². The molecular formula is C14H25N3O2. The molecule has 1 aromatic heterocycles. The number of aromatic nitrogens is 1. The molecule has 0 bridgehead atoms. The second-order valence-corrected chi connectivity index (χ2v) is 4.41. The molecule has 5 nitrogen and oxygen atoms in total. The first-order valence-electron chi connectivity index (χ1n) is 6.65. The molecule has 0 fully saturated rings. The smallest absolute Gasteiger partial charge is 0.0589 e. The van der Waals surface area contributed by atoms with Crippen LogP contribution in [-0.2, 0) is 9.47 Å². The number of rotatable bonds is 10.